The highest BCUT2D eigenvalue weighted by Crippen LogP contribution is 2.37. The van der Waals surface area contributed by atoms with E-state index in [1.807, 2.05) is 6.92 Å². The second-order valence-electron chi connectivity index (χ2n) is 4.24. The number of aldehydes is 1. The number of carbonyl (C=O) groups excluding carboxylic acids is 2. The number of ketones is 1. The Kier molecular flexibility index (Phi) is 2.69. The number of rotatable bonds is 2. The SMILES string of the molecule is C=C(C)[C@H]1CCC(=O)[C@@](C)(C=O)C1. The molecule has 0 aromatic heterocycles. The van der Waals surface area contributed by atoms with Gasteiger partial charge in [0.25, 0.3) is 0 Å². The summed E-state index contributed by atoms with van der Waals surface area (Å²) in [6.07, 6.45) is 2.82. The van der Waals surface area contributed by atoms with E-state index in [2.05, 4.69) is 6.58 Å². The molecule has 0 spiro atoms. The van der Waals surface area contributed by atoms with Crippen molar-refractivity contribution in [1.29, 1.82) is 0 Å². The van der Waals surface area contributed by atoms with Crippen LogP contribution in [0.5, 0.6) is 0 Å². The van der Waals surface area contributed by atoms with Gasteiger partial charge in [0.05, 0.1) is 5.41 Å². The molecule has 2 atom stereocenters. The first kappa shape index (κ1) is 10.2. The van der Waals surface area contributed by atoms with Gasteiger partial charge in [0.15, 0.2) is 0 Å². The van der Waals surface area contributed by atoms with Gasteiger partial charge in [0, 0.05) is 6.42 Å². The summed E-state index contributed by atoms with van der Waals surface area (Å²) in [5.41, 5.74) is 0.336. The minimum atomic E-state index is -0.748. The Morgan fingerprint density at radius 3 is 2.77 bits per heavy atom. The molecule has 1 fully saturated rings. The lowest BCUT2D eigenvalue weighted by atomic mass is 9.69. The zero-order valence-corrected chi connectivity index (χ0v) is 8.30. The quantitative estimate of drug-likeness (QED) is 0.370. The van der Waals surface area contributed by atoms with Crippen molar-refractivity contribution in [2.45, 2.75) is 33.1 Å². The van der Waals surface area contributed by atoms with Gasteiger partial charge in [-0.1, -0.05) is 12.2 Å². The van der Waals surface area contributed by atoms with Gasteiger partial charge in [-0.15, -0.1) is 0 Å². The molecule has 0 unspecified atom stereocenters. The molecule has 72 valence electrons. The van der Waals surface area contributed by atoms with Crippen molar-refractivity contribution >= 4 is 12.1 Å². The average Bonchev–Trinajstić information content (AvgIpc) is 2.09. The molecule has 0 N–H and O–H groups in total. The first-order valence-electron chi connectivity index (χ1n) is 4.64. The van der Waals surface area contributed by atoms with Crippen LogP contribution in [0.25, 0.3) is 0 Å². The molecule has 13 heavy (non-hydrogen) atoms. The van der Waals surface area contributed by atoms with Crippen LogP contribution in [-0.2, 0) is 9.59 Å². The van der Waals surface area contributed by atoms with Crippen LogP contribution in [0.2, 0.25) is 0 Å². The fourth-order valence-electron chi connectivity index (χ4n) is 1.85. The highest BCUT2D eigenvalue weighted by molar-refractivity contribution is 5.98. The monoisotopic (exact) mass is 180 g/mol. The normalized spacial score (nSPS) is 34.3. The van der Waals surface area contributed by atoms with Crippen LogP contribution in [-0.4, -0.2) is 12.1 Å². The minimum Gasteiger partial charge on any atom is -0.302 e. The fraction of sp³-hybridized carbons (Fsp3) is 0.636. The van der Waals surface area contributed by atoms with E-state index in [-0.39, 0.29) is 5.78 Å². The molecule has 1 aliphatic carbocycles. The molecule has 0 aromatic rings. The molecule has 1 saturated carbocycles. The van der Waals surface area contributed by atoms with E-state index < -0.39 is 5.41 Å². The van der Waals surface area contributed by atoms with E-state index in [1.165, 1.54) is 0 Å². The van der Waals surface area contributed by atoms with Crippen molar-refractivity contribution in [3.05, 3.63) is 12.2 Å². The van der Waals surface area contributed by atoms with Crippen molar-refractivity contribution < 1.29 is 9.59 Å². The van der Waals surface area contributed by atoms with Gasteiger partial charge in [-0.25, -0.2) is 0 Å². The van der Waals surface area contributed by atoms with Crippen molar-refractivity contribution in [2.75, 3.05) is 0 Å². The van der Waals surface area contributed by atoms with Gasteiger partial charge in [0.1, 0.15) is 12.1 Å². The maximum atomic E-state index is 11.5. The summed E-state index contributed by atoms with van der Waals surface area (Å²) in [6.45, 7) is 7.57. The molecule has 0 aliphatic heterocycles. The maximum absolute atomic E-state index is 11.5. The summed E-state index contributed by atoms with van der Waals surface area (Å²) in [5.74, 6) is 0.424. The van der Waals surface area contributed by atoms with Crippen LogP contribution in [0.1, 0.15) is 33.1 Å². The maximum Gasteiger partial charge on any atom is 0.145 e. The Labute approximate surface area is 79.0 Å². The third-order valence-electron chi connectivity index (χ3n) is 2.98. The summed E-state index contributed by atoms with van der Waals surface area (Å²) in [7, 11) is 0. The van der Waals surface area contributed by atoms with Gasteiger partial charge >= 0.3 is 0 Å². The summed E-state index contributed by atoms with van der Waals surface area (Å²) < 4.78 is 0. The summed E-state index contributed by atoms with van der Waals surface area (Å²) in [6, 6.07) is 0. The van der Waals surface area contributed by atoms with Gasteiger partial charge in [-0.3, -0.25) is 4.79 Å². The Bertz CT molecular complexity index is 255. The lowest BCUT2D eigenvalue weighted by molar-refractivity contribution is -0.136. The Morgan fingerprint density at radius 1 is 1.69 bits per heavy atom. The standard InChI is InChI=1S/C11H16O2/c1-8(2)9-4-5-10(13)11(3,6-9)7-12/h7,9H,1,4-6H2,2-3H3/t9-,11+/m0/s1. The molecule has 1 aliphatic rings. The molecular weight excluding hydrogens is 164 g/mol. The summed E-state index contributed by atoms with van der Waals surface area (Å²) in [4.78, 5) is 22.3. The lowest BCUT2D eigenvalue weighted by Gasteiger charge is -2.32. The number of Topliss-reactive ketones (excluding diaryl/α,β-unsaturated/α-hetero) is 1. The van der Waals surface area contributed by atoms with E-state index in [4.69, 9.17) is 0 Å². The second-order valence-corrected chi connectivity index (χ2v) is 4.24. The van der Waals surface area contributed by atoms with Crippen LogP contribution in [0.15, 0.2) is 12.2 Å². The molecule has 0 radical (unpaired) electrons. The molecule has 0 amide bonds. The van der Waals surface area contributed by atoms with Crippen molar-refractivity contribution in [3.63, 3.8) is 0 Å². The fourth-order valence-corrected chi connectivity index (χ4v) is 1.85. The second kappa shape index (κ2) is 3.44. The van der Waals surface area contributed by atoms with E-state index in [0.29, 0.717) is 18.8 Å². The smallest absolute Gasteiger partial charge is 0.145 e. The molecule has 0 bridgehead atoms. The van der Waals surface area contributed by atoms with Crippen molar-refractivity contribution in [3.8, 4) is 0 Å². The Morgan fingerprint density at radius 2 is 2.31 bits per heavy atom. The van der Waals surface area contributed by atoms with Gasteiger partial charge in [0.2, 0.25) is 0 Å². The zero-order chi connectivity index (χ0) is 10.1. The first-order valence-corrected chi connectivity index (χ1v) is 4.64. The third-order valence-corrected chi connectivity index (χ3v) is 2.98. The van der Waals surface area contributed by atoms with E-state index in [9.17, 15) is 9.59 Å². The predicted molar refractivity (Wildman–Crippen MR) is 51.3 cm³/mol. The van der Waals surface area contributed by atoms with Crippen LogP contribution < -0.4 is 0 Å². The molecule has 0 heterocycles. The predicted octanol–water partition coefficient (Wildman–Crippen LogP) is 2.14. The molecule has 0 saturated heterocycles. The molecular formula is C11H16O2. The Balaban J connectivity index is 2.80. The first-order chi connectivity index (χ1) is 5.99. The molecule has 2 heteroatoms. The molecule has 0 aromatic carbocycles. The number of hydrogen-bond donors (Lipinski definition) is 0. The van der Waals surface area contributed by atoms with Gasteiger partial charge in [-0.05, 0) is 32.6 Å². The minimum absolute atomic E-state index is 0.0833. The Hall–Kier alpha value is -0.920. The number of allylic oxidation sites excluding steroid dienone is 1. The average molecular weight is 180 g/mol. The largest absolute Gasteiger partial charge is 0.302 e. The van der Waals surface area contributed by atoms with Gasteiger partial charge < -0.3 is 4.79 Å². The molecule has 2 nitrogen and oxygen atoms in total. The van der Waals surface area contributed by atoms with Crippen LogP contribution >= 0.6 is 0 Å². The van der Waals surface area contributed by atoms with Gasteiger partial charge in [-0.2, -0.15) is 0 Å². The van der Waals surface area contributed by atoms with E-state index in [1.54, 1.807) is 6.92 Å². The number of carbonyl (C=O) groups is 2. The topological polar surface area (TPSA) is 34.1 Å². The summed E-state index contributed by atoms with van der Waals surface area (Å²) >= 11 is 0. The summed E-state index contributed by atoms with van der Waals surface area (Å²) in [5, 5.41) is 0. The van der Waals surface area contributed by atoms with E-state index >= 15 is 0 Å². The van der Waals surface area contributed by atoms with E-state index in [0.717, 1.165) is 18.3 Å². The lowest BCUT2D eigenvalue weighted by Crippen LogP contribution is -2.36. The highest BCUT2D eigenvalue weighted by Gasteiger charge is 2.39. The van der Waals surface area contributed by atoms with Crippen LogP contribution in [0, 0.1) is 11.3 Å². The van der Waals surface area contributed by atoms with Crippen molar-refractivity contribution in [1.82, 2.24) is 0 Å². The number of hydrogen-bond acceptors (Lipinski definition) is 2. The highest BCUT2D eigenvalue weighted by atomic mass is 16.1. The zero-order valence-electron chi connectivity index (χ0n) is 8.30. The van der Waals surface area contributed by atoms with Crippen molar-refractivity contribution in [2.24, 2.45) is 11.3 Å². The van der Waals surface area contributed by atoms with Crippen LogP contribution in [0.4, 0.5) is 0 Å². The molecule has 1 rings (SSSR count). The van der Waals surface area contributed by atoms with Crippen LogP contribution in [0.3, 0.4) is 0 Å². The third kappa shape index (κ3) is 1.87.